The summed E-state index contributed by atoms with van der Waals surface area (Å²) in [7, 11) is 1.53. The number of hydrogen-bond donors (Lipinski definition) is 2. The van der Waals surface area contributed by atoms with Crippen LogP contribution in [0.4, 0.5) is 5.95 Å². The first-order valence-corrected chi connectivity index (χ1v) is 8.61. The van der Waals surface area contributed by atoms with E-state index in [9.17, 15) is 4.79 Å². The summed E-state index contributed by atoms with van der Waals surface area (Å²) in [6, 6.07) is 6.93. The van der Waals surface area contributed by atoms with Crippen molar-refractivity contribution in [3.05, 3.63) is 42.4 Å². The van der Waals surface area contributed by atoms with Crippen molar-refractivity contribution in [2.45, 2.75) is 30.4 Å². The van der Waals surface area contributed by atoms with Crippen LogP contribution in [0.2, 0.25) is 0 Å². The Bertz CT molecular complexity index is 790. The van der Waals surface area contributed by atoms with Crippen LogP contribution in [0.15, 0.2) is 36.7 Å². The molecule has 1 aliphatic heterocycles. The fraction of sp³-hybridized carbons (Fsp3) is 0.444. The van der Waals surface area contributed by atoms with E-state index >= 15 is 0 Å². The van der Waals surface area contributed by atoms with Crippen LogP contribution < -0.4 is 15.4 Å². The summed E-state index contributed by atoms with van der Waals surface area (Å²) >= 11 is 0. The van der Waals surface area contributed by atoms with Crippen molar-refractivity contribution in [1.29, 1.82) is 0 Å². The third-order valence-electron chi connectivity index (χ3n) is 5.05. The zero-order valence-corrected chi connectivity index (χ0v) is 14.6. The van der Waals surface area contributed by atoms with Gasteiger partial charge in [0.1, 0.15) is 5.69 Å². The number of nitrogens with one attached hydrogen (secondary N) is 2. The number of aromatic nitrogens is 3. The lowest BCUT2D eigenvalue weighted by Crippen LogP contribution is -2.48. The molecule has 8 nitrogen and oxygen atoms in total. The van der Waals surface area contributed by atoms with E-state index in [2.05, 4.69) is 25.6 Å². The Morgan fingerprint density at radius 1 is 1.27 bits per heavy atom. The van der Waals surface area contributed by atoms with E-state index < -0.39 is 0 Å². The Morgan fingerprint density at radius 2 is 2.12 bits per heavy atom. The van der Waals surface area contributed by atoms with Gasteiger partial charge in [-0.3, -0.25) is 4.79 Å². The molecular formula is C18H21N5O3. The van der Waals surface area contributed by atoms with Gasteiger partial charge in [0.2, 0.25) is 11.8 Å². The summed E-state index contributed by atoms with van der Waals surface area (Å²) in [5, 5.41) is 6.37. The lowest BCUT2D eigenvalue weighted by molar-refractivity contribution is -0.0124. The molecule has 2 aromatic rings. The number of pyridine rings is 1. The molecule has 0 spiro atoms. The van der Waals surface area contributed by atoms with Gasteiger partial charge in [0, 0.05) is 31.4 Å². The number of fused-ring (bicyclic) bond motifs is 2. The highest BCUT2D eigenvalue weighted by Gasteiger charge is 2.56. The van der Waals surface area contributed by atoms with Gasteiger partial charge >= 0.3 is 0 Å². The molecular weight excluding hydrogens is 334 g/mol. The molecule has 1 amide bonds. The van der Waals surface area contributed by atoms with Crippen LogP contribution in [0.25, 0.3) is 0 Å². The predicted molar refractivity (Wildman–Crippen MR) is 94.0 cm³/mol. The van der Waals surface area contributed by atoms with Gasteiger partial charge in [0.05, 0.1) is 24.9 Å². The van der Waals surface area contributed by atoms with Gasteiger partial charge in [0.15, 0.2) is 0 Å². The number of ether oxygens (including phenoxy) is 2. The summed E-state index contributed by atoms with van der Waals surface area (Å²) in [5.41, 5.74) is -0.297. The van der Waals surface area contributed by atoms with Crippen molar-refractivity contribution in [1.82, 2.24) is 20.3 Å². The number of hydrogen-bond acceptors (Lipinski definition) is 7. The number of carbonyl (C=O) groups is 1. The standard InChI is InChI=1S/C18H21N5O3/c1-25-14-5-2-4-13(22-14)15(24)23-17-6-7-18(10-17,26-12-17)11-21-16-19-8-3-9-20-16/h2-5,8-9H,6-7,10-12H2,1H3,(H,23,24)(H,19,20,21). The third kappa shape index (κ3) is 3.20. The molecule has 1 saturated carbocycles. The first kappa shape index (κ1) is 16.7. The van der Waals surface area contributed by atoms with Crippen molar-refractivity contribution in [2.24, 2.45) is 0 Å². The van der Waals surface area contributed by atoms with Gasteiger partial charge in [-0.2, -0.15) is 0 Å². The molecule has 2 bridgehead atoms. The summed E-state index contributed by atoms with van der Waals surface area (Å²) in [6.45, 7) is 1.12. The summed E-state index contributed by atoms with van der Waals surface area (Å²) in [4.78, 5) is 25.2. The Morgan fingerprint density at radius 3 is 2.85 bits per heavy atom. The van der Waals surface area contributed by atoms with Crippen molar-refractivity contribution in [3.63, 3.8) is 0 Å². The maximum atomic E-state index is 12.6. The van der Waals surface area contributed by atoms with Crippen molar-refractivity contribution >= 4 is 11.9 Å². The number of rotatable bonds is 6. The zero-order chi connectivity index (χ0) is 18.0. The molecule has 1 saturated heterocycles. The summed E-state index contributed by atoms with van der Waals surface area (Å²) in [6.07, 6.45) is 5.90. The minimum absolute atomic E-state index is 0.204. The largest absolute Gasteiger partial charge is 0.481 e. The van der Waals surface area contributed by atoms with Crippen molar-refractivity contribution in [3.8, 4) is 5.88 Å². The van der Waals surface area contributed by atoms with Crippen LogP contribution in [-0.2, 0) is 4.74 Å². The average molecular weight is 355 g/mol. The molecule has 2 fully saturated rings. The molecule has 2 aromatic heterocycles. The molecule has 3 heterocycles. The molecule has 2 aliphatic rings. The molecule has 8 heteroatoms. The highest BCUT2D eigenvalue weighted by atomic mass is 16.5. The lowest BCUT2D eigenvalue weighted by Gasteiger charge is -2.29. The topological polar surface area (TPSA) is 98.3 Å². The molecule has 26 heavy (non-hydrogen) atoms. The average Bonchev–Trinajstić information content (AvgIpc) is 3.23. The Balaban J connectivity index is 1.40. The van der Waals surface area contributed by atoms with Crippen molar-refractivity contribution in [2.75, 3.05) is 25.6 Å². The maximum absolute atomic E-state index is 12.6. The van der Waals surface area contributed by atoms with Gasteiger partial charge in [-0.15, -0.1) is 0 Å². The smallest absolute Gasteiger partial charge is 0.270 e. The summed E-state index contributed by atoms with van der Waals surface area (Å²) < 4.78 is 11.2. The number of anilines is 1. The van der Waals surface area contributed by atoms with Gasteiger partial charge in [-0.1, -0.05) is 6.07 Å². The number of methoxy groups -OCH3 is 1. The molecule has 2 unspecified atom stereocenters. The monoisotopic (exact) mass is 355 g/mol. The molecule has 0 radical (unpaired) electrons. The van der Waals surface area contributed by atoms with Gasteiger partial charge < -0.3 is 20.1 Å². The van der Waals surface area contributed by atoms with E-state index in [1.807, 2.05) is 0 Å². The van der Waals surface area contributed by atoms with E-state index in [1.165, 1.54) is 7.11 Å². The zero-order valence-electron chi connectivity index (χ0n) is 14.6. The quantitative estimate of drug-likeness (QED) is 0.808. The van der Waals surface area contributed by atoms with Crippen LogP contribution in [0.5, 0.6) is 5.88 Å². The van der Waals surface area contributed by atoms with E-state index in [0.29, 0.717) is 30.7 Å². The molecule has 0 aromatic carbocycles. The fourth-order valence-corrected chi connectivity index (χ4v) is 3.73. The van der Waals surface area contributed by atoms with Crippen LogP contribution in [-0.4, -0.2) is 52.3 Å². The van der Waals surface area contributed by atoms with Gasteiger partial charge in [-0.25, -0.2) is 15.0 Å². The van der Waals surface area contributed by atoms with Crippen LogP contribution in [0.1, 0.15) is 29.8 Å². The molecule has 2 N–H and O–H groups in total. The lowest BCUT2D eigenvalue weighted by atomic mass is 9.98. The maximum Gasteiger partial charge on any atom is 0.270 e. The minimum atomic E-state index is -0.346. The van der Waals surface area contributed by atoms with Crippen LogP contribution in [0, 0.1) is 0 Å². The van der Waals surface area contributed by atoms with Crippen LogP contribution >= 0.6 is 0 Å². The highest BCUT2D eigenvalue weighted by Crippen LogP contribution is 2.47. The van der Waals surface area contributed by atoms with Gasteiger partial charge in [-0.05, 0) is 25.0 Å². The van der Waals surface area contributed by atoms with E-state index in [4.69, 9.17) is 9.47 Å². The number of amides is 1. The fourth-order valence-electron chi connectivity index (χ4n) is 3.73. The Kier molecular flexibility index (Phi) is 4.20. The minimum Gasteiger partial charge on any atom is -0.481 e. The van der Waals surface area contributed by atoms with E-state index in [0.717, 1.165) is 19.3 Å². The predicted octanol–water partition coefficient (Wildman–Crippen LogP) is 1.41. The van der Waals surface area contributed by atoms with Crippen molar-refractivity contribution < 1.29 is 14.3 Å². The second-order valence-electron chi connectivity index (χ2n) is 6.87. The van der Waals surface area contributed by atoms with Crippen LogP contribution in [0.3, 0.4) is 0 Å². The Labute approximate surface area is 151 Å². The summed E-state index contributed by atoms with van der Waals surface area (Å²) in [5.74, 6) is 0.801. The Hall–Kier alpha value is -2.74. The third-order valence-corrected chi connectivity index (χ3v) is 5.05. The second-order valence-corrected chi connectivity index (χ2v) is 6.87. The number of nitrogens with zero attached hydrogens (tertiary/aromatic N) is 3. The first-order chi connectivity index (χ1) is 12.6. The highest BCUT2D eigenvalue weighted by molar-refractivity contribution is 5.93. The van der Waals surface area contributed by atoms with E-state index in [1.54, 1.807) is 36.7 Å². The first-order valence-electron chi connectivity index (χ1n) is 8.61. The van der Waals surface area contributed by atoms with E-state index in [-0.39, 0.29) is 17.0 Å². The molecule has 2 atom stereocenters. The normalized spacial score (nSPS) is 26.5. The molecule has 4 rings (SSSR count). The number of carbonyl (C=O) groups excluding carboxylic acids is 1. The van der Waals surface area contributed by atoms with Gasteiger partial charge in [0.25, 0.3) is 5.91 Å². The second kappa shape index (κ2) is 6.53. The molecule has 1 aliphatic carbocycles. The molecule has 136 valence electrons. The SMILES string of the molecule is COc1cccc(C(=O)NC23CCC(CNc4ncccn4)(C2)OC3)n1.